The van der Waals surface area contributed by atoms with Gasteiger partial charge in [0.25, 0.3) is 0 Å². The smallest absolute Gasteiger partial charge is 0.393 e. The minimum Gasteiger partial charge on any atom is -0.393 e. The normalized spacial score (nSPS) is 20.5. The van der Waals surface area contributed by atoms with Crippen molar-refractivity contribution in [2.75, 3.05) is 51.4 Å². The number of rotatable bonds is 16. The number of nitrogens with zero attached hydrogens (tertiary/aromatic N) is 3. The molecule has 0 aliphatic heterocycles. The van der Waals surface area contributed by atoms with Crippen molar-refractivity contribution in [2.24, 2.45) is 17.8 Å². The van der Waals surface area contributed by atoms with Gasteiger partial charge in [0.1, 0.15) is 5.82 Å². The molecule has 2 bridgehead atoms. The zero-order valence-electron chi connectivity index (χ0n) is 22.3. The molecule has 3 atom stereocenters. The Balaban J connectivity index is 0.000000269. The maximum atomic E-state index is 11.1. The molecular formula is C23H41N5O6SSi2. The Kier molecular flexibility index (Phi) is 13.3. The van der Waals surface area contributed by atoms with E-state index in [1.807, 2.05) is 0 Å². The first kappa shape index (κ1) is 31.5. The monoisotopic (exact) mass is 571 g/mol. The number of fused-ring (bicyclic) bond motifs is 2. The summed E-state index contributed by atoms with van der Waals surface area (Å²) >= 11 is 1.75. The van der Waals surface area contributed by atoms with Gasteiger partial charge >= 0.3 is 17.1 Å². The highest BCUT2D eigenvalue weighted by molar-refractivity contribution is 7.99. The van der Waals surface area contributed by atoms with Gasteiger partial charge in [-0.25, -0.2) is 0 Å². The molecule has 2 aliphatic rings. The number of aryl methyl sites for hydroxylation is 1. The van der Waals surface area contributed by atoms with Crippen molar-refractivity contribution in [2.45, 2.75) is 44.2 Å². The SMILES string of the molecule is CO[Si](C=O)(CCC1CC2C=CC1C2)OC.CO[Si](C=O)(CCCSCCc1nc(N)nc(N)n1)OC. The molecule has 0 radical (unpaired) electrons. The van der Waals surface area contributed by atoms with E-state index in [-0.39, 0.29) is 11.9 Å². The fraction of sp³-hybridized carbons (Fsp3) is 0.696. The van der Waals surface area contributed by atoms with Gasteiger partial charge in [-0.2, -0.15) is 26.7 Å². The largest absolute Gasteiger partial charge is 0.405 e. The molecule has 11 nitrogen and oxygen atoms in total. The molecule has 3 rings (SSSR count). The maximum Gasteiger partial charge on any atom is 0.405 e. The minimum atomic E-state index is -2.62. The van der Waals surface area contributed by atoms with E-state index in [0.717, 1.165) is 60.0 Å². The lowest BCUT2D eigenvalue weighted by atomic mass is 9.91. The van der Waals surface area contributed by atoms with Gasteiger partial charge in [-0.05, 0) is 61.3 Å². The summed E-state index contributed by atoms with van der Waals surface area (Å²) in [5, 5.41) is 0. The Morgan fingerprint density at radius 1 is 0.892 bits per heavy atom. The van der Waals surface area contributed by atoms with Gasteiger partial charge in [0.15, 0.2) is 11.8 Å². The van der Waals surface area contributed by atoms with E-state index in [9.17, 15) is 9.59 Å². The van der Waals surface area contributed by atoms with Crippen LogP contribution in [-0.2, 0) is 33.7 Å². The number of nitrogens with two attached hydrogens (primary N) is 2. The van der Waals surface area contributed by atoms with Crippen LogP contribution in [0.3, 0.4) is 0 Å². The number of hydrogen-bond donors (Lipinski definition) is 2. The van der Waals surface area contributed by atoms with Gasteiger partial charge in [-0.15, -0.1) is 0 Å². The summed E-state index contributed by atoms with van der Waals surface area (Å²) in [4.78, 5) is 33.8. The van der Waals surface area contributed by atoms with Gasteiger partial charge in [-0.1, -0.05) is 12.2 Å². The van der Waals surface area contributed by atoms with Crippen LogP contribution in [0.4, 0.5) is 11.9 Å². The van der Waals surface area contributed by atoms with Crippen molar-refractivity contribution in [3.63, 3.8) is 0 Å². The number of anilines is 2. The van der Waals surface area contributed by atoms with Crippen LogP contribution in [0.25, 0.3) is 0 Å². The molecule has 0 amide bonds. The van der Waals surface area contributed by atoms with Crippen molar-refractivity contribution in [3.8, 4) is 0 Å². The molecule has 0 spiro atoms. The van der Waals surface area contributed by atoms with Gasteiger partial charge < -0.3 is 38.8 Å². The minimum absolute atomic E-state index is 0.143. The van der Waals surface area contributed by atoms with Crippen molar-refractivity contribution in [1.29, 1.82) is 0 Å². The first-order valence-corrected chi connectivity index (χ1v) is 17.8. The second-order valence-electron chi connectivity index (χ2n) is 9.19. The summed E-state index contributed by atoms with van der Waals surface area (Å²) in [6.45, 7) is 0. The van der Waals surface area contributed by atoms with Gasteiger partial charge in [-0.3, -0.25) is 0 Å². The molecule has 0 aromatic carbocycles. The third-order valence-electron chi connectivity index (χ3n) is 7.02. The van der Waals surface area contributed by atoms with E-state index in [1.54, 1.807) is 26.0 Å². The van der Waals surface area contributed by atoms with Crippen LogP contribution in [0.1, 0.15) is 31.5 Å². The van der Waals surface area contributed by atoms with Crippen molar-refractivity contribution >= 4 is 52.6 Å². The number of carbonyl (C=O) groups excluding carboxylic acids is 2. The molecule has 1 aromatic heterocycles. The van der Waals surface area contributed by atoms with E-state index >= 15 is 0 Å². The first-order valence-electron chi connectivity index (χ1n) is 12.4. The molecule has 0 saturated heterocycles. The number of nitrogen functional groups attached to an aromatic ring is 2. The van der Waals surface area contributed by atoms with Crippen LogP contribution in [0.15, 0.2) is 12.2 Å². The molecule has 37 heavy (non-hydrogen) atoms. The molecule has 1 fully saturated rings. The van der Waals surface area contributed by atoms with Gasteiger partial charge in [0.2, 0.25) is 11.9 Å². The highest BCUT2D eigenvalue weighted by Crippen LogP contribution is 2.45. The highest BCUT2D eigenvalue weighted by Gasteiger charge is 2.40. The lowest BCUT2D eigenvalue weighted by Crippen LogP contribution is -2.42. The van der Waals surface area contributed by atoms with E-state index in [0.29, 0.717) is 18.3 Å². The zero-order chi connectivity index (χ0) is 27.3. The molecule has 2 aliphatic carbocycles. The average molecular weight is 572 g/mol. The number of allylic oxidation sites excluding steroid dienone is 2. The number of aromatic nitrogens is 3. The first-order chi connectivity index (χ1) is 17.8. The Bertz CT molecular complexity index is 871. The summed E-state index contributed by atoms with van der Waals surface area (Å²) in [6, 6.07) is 1.45. The number of hydrogen-bond acceptors (Lipinski definition) is 12. The Labute approximate surface area is 226 Å². The van der Waals surface area contributed by atoms with Crippen molar-refractivity contribution in [3.05, 3.63) is 18.0 Å². The fourth-order valence-corrected chi connectivity index (χ4v) is 9.10. The summed E-state index contributed by atoms with van der Waals surface area (Å²) in [6.07, 6.45) is 9.91. The van der Waals surface area contributed by atoms with Crippen LogP contribution in [-0.4, -0.2) is 83.8 Å². The zero-order valence-corrected chi connectivity index (χ0v) is 25.1. The Hall–Kier alpha value is -1.69. The quantitative estimate of drug-likeness (QED) is 0.129. The number of thioether (sulfide) groups is 1. The van der Waals surface area contributed by atoms with E-state index in [1.165, 1.54) is 27.1 Å². The molecule has 1 heterocycles. The maximum absolute atomic E-state index is 11.1. The second kappa shape index (κ2) is 15.7. The van der Waals surface area contributed by atoms with Crippen LogP contribution in [0.5, 0.6) is 0 Å². The van der Waals surface area contributed by atoms with E-state index in [4.69, 9.17) is 29.2 Å². The lowest BCUT2D eigenvalue weighted by Gasteiger charge is -2.24. The third kappa shape index (κ3) is 9.53. The predicted molar refractivity (Wildman–Crippen MR) is 150 cm³/mol. The van der Waals surface area contributed by atoms with Crippen LogP contribution >= 0.6 is 11.8 Å². The standard InChI is InChI=1S/C12H20O3Si.C11H21N5O3SSi/c1-14-16(9-13,15-2)6-5-12-8-10-3-4-11(12)7-10;1-18-21(8-17,19-2)7-3-5-20-6-4-9-14-10(12)16-11(13)15-9/h3-4,9-12H,5-8H2,1-2H3;8H,3-7H2,1-2H3,(H4,12,13,14,15,16). The summed E-state index contributed by atoms with van der Waals surface area (Å²) < 4.78 is 21.1. The van der Waals surface area contributed by atoms with Crippen LogP contribution in [0.2, 0.25) is 12.1 Å². The topological polar surface area (TPSA) is 162 Å². The number of carbonyl (C=O) groups is 2. The summed E-state index contributed by atoms with van der Waals surface area (Å²) in [7, 11) is 1.08. The molecule has 208 valence electrons. The van der Waals surface area contributed by atoms with Gasteiger partial charge in [0.05, 0.1) is 0 Å². The van der Waals surface area contributed by atoms with E-state index < -0.39 is 17.1 Å². The summed E-state index contributed by atoms with van der Waals surface area (Å²) in [5.41, 5.74) is 11.0. The van der Waals surface area contributed by atoms with E-state index in [2.05, 4.69) is 27.1 Å². The molecule has 1 saturated carbocycles. The molecule has 4 N–H and O–H groups in total. The molecule has 3 unspecified atom stereocenters. The van der Waals surface area contributed by atoms with Crippen LogP contribution < -0.4 is 11.5 Å². The predicted octanol–water partition coefficient (Wildman–Crippen LogP) is 2.30. The molecule has 14 heteroatoms. The second-order valence-corrected chi connectivity index (χ2v) is 16.8. The fourth-order valence-electron chi connectivity index (χ4n) is 4.75. The van der Waals surface area contributed by atoms with Crippen LogP contribution in [0, 0.1) is 17.8 Å². The van der Waals surface area contributed by atoms with Gasteiger partial charge in [0, 0.05) is 40.6 Å². The molecule has 1 aromatic rings. The van der Waals surface area contributed by atoms with Crippen molar-refractivity contribution < 1.29 is 27.3 Å². The third-order valence-corrected chi connectivity index (χ3v) is 13.6. The highest BCUT2D eigenvalue weighted by atomic mass is 32.2. The molecular weight excluding hydrogens is 531 g/mol. The Morgan fingerprint density at radius 3 is 1.97 bits per heavy atom. The lowest BCUT2D eigenvalue weighted by molar-refractivity contribution is 0.252. The van der Waals surface area contributed by atoms with Crippen molar-refractivity contribution in [1.82, 2.24) is 15.0 Å². The summed E-state index contributed by atoms with van der Waals surface area (Å²) in [5.74, 6) is 6.66. The Morgan fingerprint density at radius 2 is 1.49 bits per heavy atom. The average Bonchev–Trinajstić information content (AvgIpc) is 3.54.